The Kier molecular flexibility index (Phi) is 5.79. The average molecular weight is 269 g/mol. The molecule has 0 saturated carbocycles. The third kappa shape index (κ3) is 2.77. The molecule has 0 saturated heterocycles. The van der Waals surface area contributed by atoms with Crippen molar-refractivity contribution in [2.24, 2.45) is 5.84 Å². The first-order chi connectivity index (χ1) is 8.54. The van der Waals surface area contributed by atoms with Gasteiger partial charge in [-0.1, -0.05) is 20.8 Å². The molecule has 2 atom stereocenters. The number of nitrogens with one attached hydrogen (secondary N) is 1. The quantitative estimate of drug-likeness (QED) is 0.590. The van der Waals surface area contributed by atoms with Crippen molar-refractivity contribution in [2.45, 2.75) is 52.6 Å². The minimum atomic E-state index is 0.0457. The highest BCUT2D eigenvalue weighted by Gasteiger charge is 2.38. The maximum absolute atomic E-state index is 5.87. The molecule has 1 aromatic rings. The highest BCUT2D eigenvalue weighted by atomic mass is 32.1. The monoisotopic (exact) mass is 269 g/mol. The number of aryl methyl sites for hydroxylation is 1. The first-order valence-electron chi connectivity index (χ1n) is 6.80. The van der Waals surface area contributed by atoms with E-state index < -0.39 is 0 Å². The molecule has 1 rings (SSSR count). The maximum Gasteiger partial charge on any atom is 0.0651 e. The summed E-state index contributed by atoms with van der Waals surface area (Å²) in [5.41, 5.74) is 4.43. The lowest BCUT2D eigenvalue weighted by Crippen LogP contribution is -2.55. The second-order valence-corrected chi connectivity index (χ2v) is 6.04. The molecule has 0 aliphatic rings. The third-order valence-corrected chi connectivity index (χ3v) is 5.06. The molecule has 4 heteroatoms. The van der Waals surface area contributed by atoms with Crippen LogP contribution in [0, 0.1) is 6.92 Å². The van der Waals surface area contributed by atoms with E-state index in [0.29, 0.717) is 0 Å². The smallest absolute Gasteiger partial charge is 0.0651 e. The summed E-state index contributed by atoms with van der Waals surface area (Å²) in [5.74, 6) is 5.87. The summed E-state index contributed by atoms with van der Waals surface area (Å²) in [6.45, 7) is 13.2. The lowest BCUT2D eigenvalue weighted by molar-refractivity contribution is 0.0698. The molecule has 0 fully saturated rings. The van der Waals surface area contributed by atoms with Gasteiger partial charge in [-0.15, -0.1) is 11.3 Å². The van der Waals surface area contributed by atoms with Crippen LogP contribution in [0.4, 0.5) is 0 Å². The molecule has 0 radical (unpaired) electrons. The van der Waals surface area contributed by atoms with E-state index in [1.165, 1.54) is 10.4 Å². The number of hydrazine groups is 1. The number of nitrogens with two attached hydrogens (primary N) is 1. The summed E-state index contributed by atoms with van der Waals surface area (Å²) < 4.78 is 0. The van der Waals surface area contributed by atoms with Crippen molar-refractivity contribution in [3.8, 4) is 0 Å². The summed E-state index contributed by atoms with van der Waals surface area (Å²) in [6, 6.07) is 2.37. The van der Waals surface area contributed by atoms with Crippen molar-refractivity contribution in [3.63, 3.8) is 0 Å². The van der Waals surface area contributed by atoms with Crippen molar-refractivity contribution in [1.29, 1.82) is 0 Å². The fourth-order valence-corrected chi connectivity index (χ4v) is 3.60. The van der Waals surface area contributed by atoms with E-state index in [1.54, 1.807) is 11.3 Å². The van der Waals surface area contributed by atoms with Crippen LogP contribution < -0.4 is 11.3 Å². The number of hydrogen-bond donors (Lipinski definition) is 2. The molecule has 0 bridgehead atoms. The van der Waals surface area contributed by atoms with Crippen LogP contribution in [0.25, 0.3) is 0 Å². The predicted octanol–water partition coefficient (Wildman–Crippen LogP) is 3.07. The van der Waals surface area contributed by atoms with E-state index >= 15 is 0 Å². The summed E-state index contributed by atoms with van der Waals surface area (Å²) in [5, 5.41) is 2.15. The van der Waals surface area contributed by atoms with Gasteiger partial charge >= 0.3 is 0 Å². The van der Waals surface area contributed by atoms with Crippen LogP contribution in [0.3, 0.4) is 0 Å². The maximum atomic E-state index is 5.87. The largest absolute Gasteiger partial charge is 0.297 e. The molecule has 3 N–H and O–H groups in total. The normalized spacial score (nSPS) is 16.8. The lowest BCUT2D eigenvalue weighted by Gasteiger charge is -2.45. The summed E-state index contributed by atoms with van der Waals surface area (Å²) in [6.07, 6.45) is 1.07. The van der Waals surface area contributed by atoms with Crippen LogP contribution in [0.5, 0.6) is 0 Å². The second kappa shape index (κ2) is 6.66. The Labute approximate surface area is 115 Å². The van der Waals surface area contributed by atoms with Gasteiger partial charge in [0.2, 0.25) is 0 Å². The van der Waals surface area contributed by atoms with Gasteiger partial charge in [-0.3, -0.25) is 16.2 Å². The van der Waals surface area contributed by atoms with E-state index in [-0.39, 0.29) is 11.6 Å². The minimum absolute atomic E-state index is 0.0457. The Bertz CT molecular complexity index is 360. The molecule has 0 aromatic carbocycles. The molecule has 0 aliphatic carbocycles. The van der Waals surface area contributed by atoms with Crippen molar-refractivity contribution in [1.82, 2.24) is 10.3 Å². The fourth-order valence-electron chi connectivity index (χ4n) is 2.85. The number of thiophene rings is 1. The van der Waals surface area contributed by atoms with Gasteiger partial charge in [0.15, 0.2) is 0 Å². The average Bonchev–Trinajstić information content (AvgIpc) is 2.78. The molecule has 0 amide bonds. The zero-order valence-corrected chi connectivity index (χ0v) is 13.1. The van der Waals surface area contributed by atoms with Gasteiger partial charge in [-0.2, -0.15) is 0 Å². The molecule has 1 aromatic heterocycles. The molecule has 18 heavy (non-hydrogen) atoms. The van der Waals surface area contributed by atoms with Crippen molar-refractivity contribution in [2.75, 3.05) is 13.1 Å². The van der Waals surface area contributed by atoms with Crippen molar-refractivity contribution in [3.05, 3.63) is 21.9 Å². The molecule has 0 spiro atoms. The molecular formula is C14H27N3S. The lowest BCUT2D eigenvalue weighted by atomic mass is 9.83. The van der Waals surface area contributed by atoms with Crippen LogP contribution in [0.2, 0.25) is 0 Å². The number of likely N-dealkylation sites (N-methyl/N-ethyl adjacent to an activating group) is 1. The first-order valence-corrected chi connectivity index (χ1v) is 7.68. The summed E-state index contributed by atoms with van der Waals surface area (Å²) in [4.78, 5) is 3.85. The predicted molar refractivity (Wildman–Crippen MR) is 80.7 cm³/mol. The van der Waals surface area contributed by atoms with Crippen LogP contribution in [0.1, 0.15) is 50.6 Å². The fraction of sp³-hybridized carbons (Fsp3) is 0.714. The Balaban J connectivity index is 3.14. The summed E-state index contributed by atoms with van der Waals surface area (Å²) >= 11 is 1.79. The Morgan fingerprint density at radius 3 is 2.33 bits per heavy atom. The van der Waals surface area contributed by atoms with Gasteiger partial charge in [0.1, 0.15) is 0 Å². The highest BCUT2D eigenvalue weighted by Crippen LogP contribution is 2.36. The van der Waals surface area contributed by atoms with E-state index in [2.05, 4.69) is 56.4 Å². The summed E-state index contributed by atoms with van der Waals surface area (Å²) in [7, 11) is 0. The molecule has 1 heterocycles. The van der Waals surface area contributed by atoms with E-state index in [9.17, 15) is 0 Å². The molecule has 104 valence electrons. The zero-order chi connectivity index (χ0) is 13.8. The van der Waals surface area contributed by atoms with Gasteiger partial charge in [-0.25, -0.2) is 0 Å². The van der Waals surface area contributed by atoms with Gasteiger partial charge in [0.05, 0.1) is 6.04 Å². The van der Waals surface area contributed by atoms with Gasteiger partial charge < -0.3 is 0 Å². The minimum Gasteiger partial charge on any atom is -0.297 e. The van der Waals surface area contributed by atoms with Crippen molar-refractivity contribution >= 4 is 11.3 Å². The van der Waals surface area contributed by atoms with Crippen LogP contribution in [-0.4, -0.2) is 23.5 Å². The molecule has 2 unspecified atom stereocenters. The Morgan fingerprint density at radius 1 is 1.39 bits per heavy atom. The van der Waals surface area contributed by atoms with E-state index in [1.807, 2.05) is 0 Å². The topological polar surface area (TPSA) is 41.3 Å². The number of hydrogen-bond acceptors (Lipinski definition) is 4. The molecule has 3 nitrogen and oxygen atoms in total. The van der Waals surface area contributed by atoms with Crippen LogP contribution in [-0.2, 0) is 0 Å². The third-order valence-electron chi connectivity index (χ3n) is 4.20. The highest BCUT2D eigenvalue weighted by molar-refractivity contribution is 7.10. The van der Waals surface area contributed by atoms with Crippen molar-refractivity contribution < 1.29 is 0 Å². The molecular weight excluding hydrogens is 242 g/mol. The zero-order valence-electron chi connectivity index (χ0n) is 12.3. The van der Waals surface area contributed by atoms with E-state index in [4.69, 9.17) is 5.84 Å². The standard InChI is InChI=1S/C14H27N3S/c1-6-14(5,17(7-2)8-3)13(16-15)12-9-10-18-11(12)4/h9-10,13,16H,6-8,15H2,1-5H3. The van der Waals surface area contributed by atoms with Crippen LogP contribution in [0.15, 0.2) is 11.4 Å². The second-order valence-electron chi connectivity index (χ2n) is 4.91. The first kappa shape index (κ1) is 15.6. The Hall–Kier alpha value is -0.420. The van der Waals surface area contributed by atoms with Crippen LogP contribution >= 0.6 is 11.3 Å². The van der Waals surface area contributed by atoms with Gasteiger partial charge in [-0.05, 0) is 50.4 Å². The van der Waals surface area contributed by atoms with Gasteiger partial charge in [0.25, 0.3) is 0 Å². The van der Waals surface area contributed by atoms with Gasteiger partial charge in [0, 0.05) is 10.4 Å². The molecule has 0 aliphatic heterocycles. The SMILES string of the molecule is CCN(CC)C(C)(CC)C(NN)c1ccsc1C. The Morgan fingerprint density at radius 2 is 2.00 bits per heavy atom. The number of rotatable bonds is 7. The number of nitrogens with zero attached hydrogens (tertiary/aromatic N) is 1. The van der Waals surface area contributed by atoms with E-state index in [0.717, 1.165) is 19.5 Å².